The third-order valence-corrected chi connectivity index (χ3v) is 2.98. The number of hydrogen-bond acceptors (Lipinski definition) is 3. The van der Waals surface area contributed by atoms with Gasteiger partial charge in [0.15, 0.2) is 0 Å². The van der Waals surface area contributed by atoms with Crippen LogP contribution in [0.15, 0.2) is 30.3 Å². The van der Waals surface area contributed by atoms with Crippen LogP contribution in [0.3, 0.4) is 0 Å². The molecule has 0 radical (unpaired) electrons. The lowest BCUT2D eigenvalue weighted by atomic mass is 10.2. The highest BCUT2D eigenvalue weighted by Gasteiger charge is 2.14. The molecule has 0 bridgehead atoms. The van der Waals surface area contributed by atoms with Crippen molar-refractivity contribution in [3.05, 3.63) is 41.0 Å². The van der Waals surface area contributed by atoms with Gasteiger partial charge in [-0.2, -0.15) is 0 Å². The molecule has 1 N–H and O–H groups in total. The Morgan fingerprint density at radius 2 is 2.17 bits per heavy atom. The standard InChI is InChI=1S/C13H13ClN2O2/c1-16(6-7-17)13(18)12-8-10(14)9-4-2-3-5-11(9)15-12/h2-5,8,17H,6-7H2,1H3. The van der Waals surface area contributed by atoms with E-state index in [4.69, 9.17) is 16.7 Å². The molecule has 0 aliphatic rings. The van der Waals surface area contributed by atoms with Crippen molar-refractivity contribution in [2.24, 2.45) is 0 Å². The highest BCUT2D eigenvalue weighted by Crippen LogP contribution is 2.23. The van der Waals surface area contributed by atoms with Crippen LogP contribution < -0.4 is 0 Å². The first-order valence-electron chi connectivity index (χ1n) is 5.55. The van der Waals surface area contributed by atoms with Crippen LogP contribution in [0.25, 0.3) is 10.9 Å². The molecule has 0 spiro atoms. The number of amides is 1. The van der Waals surface area contributed by atoms with Gasteiger partial charge >= 0.3 is 0 Å². The van der Waals surface area contributed by atoms with Gasteiger partial charge in [-0.1, -0.05) is 29.8 Å². The first-order valence-corrected chi connectivity index (χ1v) is 5.93. The maximum atomic E-state index is 12.0. The Bertz CT molecular complexity index is 586. The highest BCUT2D eigenvalue weighted by atomic mass is 35.5. The molecular formula is C13H13ClN2O2. The van der Waals surface area contributed by atoms with Gasteiger partial charge in [0.1, 0.15) is 5.69 Å². The topological polar surface area (TPSA) is 53.4 Å². The van der Waals surface area contributed by atoms with Crippen molar-refractivity contribution in [3.63, 3.8) is 0 Å². The number of aliphatic hydroxyl groups is 1. The summed E-state index contributed by atoms with van der Waals surface area (Å²) in [5.41, 5.74) is 0.973. The van der Waals surface area contributed by atoms with Crippen LogP contribution in [0.5, 0.6) is 0 Å². The van der Waals surface area contributed by atoms with E-state index in [0.29, 0.717) is 10.5 Å². The molecule has 1 heterocycles. The van der Waals surface area contributed by atoms with Gasteiger partial charge in [0.2, 0.25) is 0 Å². The lowest BCUT2D eigenvalue weighted by Crippen LogP contribution is -2.30. The number of carbonyl (C=O) groups excluding carboxylic acids is 1. The second-order valence-corrected chi connectivity index (χ2v) is 4.36. The number of fused-ring (bicyclic) bond motifs is 1. The molecule has 1 aromatic carbocycles. The van der Waals surface area contributed by atoms with Crippen molar-refractivity contribution in [1.82, 2.24) is 9.88 Å². The Morgan fingerprint density at radius 3 is 2.89 bits per heavy atom. The van der Waals surface area contributed by atoms with Crippen LogP contribution in [0.1, 0.15) is 10.5 Å². The number of pyridine rings is 1. The summed E-state index contributed by atoms with van der Waals surface area (Å²) < 4.78 is 0. The number of likely N-dealkylation sites (N-methyl/N-ethyl adjacent to an activating group) is 1. The van der Waals surface area contributed by atoms with Gasteiger partial charge in [-0.05, 0) is 12.1 Å². The number of nitrogens with zero attached hydrogens (tertiary/aromatic N) is 2. The Morgan fingerprint density at radius 1 is 1.44 bits per heavy atom. The monoisotopic (exact) mass is 264 g/mol. The zero-order valence-corrected chi connectivity index (χ0v) is 10.7. The molecule has 0 aliphatic heterocycles. The molecule has 1 amide bonds. The number of rotatable bonds is 3. The van der Waals surface area contributed by atoms with Gasteiger partial charge in [-0.15, -0.1) is 0 Å². The SMILES string of the molecule is CN(CCO)C(=O)c1cc(Cl)c2ccccc2n1. The number of benzene rings is 1. The number of hydrogen-bond donors (Lipinski definition) is 1. The number of halogens is 1. The van der Waals surface area contributed by atoms with E-state index < -0.39 is 0 Å². The smallest absolute Gasteiger partial charge is 0.272 e. The quantitative estimate of drug-likeness (QED) is 0.922. The van der Waals surface area contributed by atoms with E-state index in [1.165, 1.54) is 4.90 Å². The minimum absolute atomic E-state index is 0.0798. The first-order chi connectivity index (χ1) is 8.63. The summed E-state index contributed by atoms with van der Waals surface area (Å²) >= 11 is 6.13. The number of carbonyl (C=O) groups is 1. The predicted octanol–water partition coefficient (Wildman–Crippen LogP) is 1.95. The minimum atomic E-state index is -0.253. The van der Waals surface area contributed by atoms with Gasteiger partial charge in [0.25, 0.3) is 5.91 Å². The van der Waals surface area contributed by atoms with Gasteiger partial charge in [0, 0.05) is 19.0 Å². The fraction of sp³-hybridized carbons (Fsp3) is 0.231. The zero-order valence-electron chi connectivity index (χ0n) is 9.93. The average Bonchev–Trinajstić information content (AvgIpc) is 2.38. The Labute approximate surface area is 110 Å². The van der Waals surface area contributed by atoms with Crippen molar-refractivity contribution in [2.45, 2.75) is 0 Å². The van der Waals surface area contributed by atoms with Crippen LogP contribution in [0.2, 0.25) is 5.02 Å². The fourth-order valence-electron chi connectivity index (χ4n) is 1.69. The van der Waals surface area contributed by atoms with Crippen LogP contribution in [-0.2, 0) is 0 Å². The minimum Gasteiger partial charge on any atom is -0.395 e. The Hall–Kier alpha value is -1.65. The lowest BCUT2D eigenvalue weighted by molar-refractivity contribution is 0.0761. The third-order valence-electron chi connectivity index (χ3n) is 2.67. The molecular weight excluding hydrogens is 252 g/mol. The molecule has 0 atom stereocenters. The zero-order chi connectivity index (χ0) is 13.1. The van der Waals surface area contributed by atoms with E-state index in [2.05, 4.69) is 4.98 Å². The first kappa shape index (κ1) is 12.8. The molecule has 18 heavy (non-hydrogen) atoms. The molecule has 0 fully saturated rings. The maximum Gasteiger partial charge on any atom is 0.272 e. The van der Waals surface area contributed by atoms with Crippen molar-refractivity contribution in [3.8, 4) is 0 Å². The second-order valence-electron chi connectivity index (χ2n) is 3.96. The lowest BCUT2D eigenvalue weighted by Gasteiger charge is -2.15. The summed E-state index contributed by atoms with van der Waals surface area (Å²) in [6.45, 7) is 0.189. The van der Waals surface area contributed by atoms with Crippen LogP contribution in [-0.4, -0.2) is 41.1 Å². The molecule has 2 aromatic rings. The van der Waals surface area contributed by atoms with E-state index in [1.807, 2.05) is 24.3 Å². The summed E-state index contributed by atoms with van der Waals surface area (Å²) in [6.07, 6.45) is 0. The van der Waals surface area contributed by atoms with E-state index in [1.54, 1.807) is 13.1 Å². The van der Waals surface area contributed by atoms with Gasteiger partial charge in [-0.25, -0.2) is 4.98 Å². The van der Waals surface area contributed by atoms with Crippen LogP contribution in [0, 0.1) is 0 Å². The molecule has 0 saturated heterocycles. The molecule has 94 valence electrons. The van der Waals surface area contributed by atoms with Gasteiger partial charge < -0.3 is 10.0 Å². The third kappa shape index (κ3) is 2.44. The molecule has 0 aliphatic carbocycles. The maximum absolute atomic E-state index is 12.0. The van der Waals surface area contributed by atoms with Crippen LogP contribution >= 0.6 is 11.6 Å². The van der Waals surface area contributed by atoms with Gasteiger partial charge in [-0.3, -0.25) is 4.79 Å². The molecule has 5 heteroatoms. The summed E-state index contributed by atoms with van der Waals surface area (Å²) in [7, 11) is 1.61. The summed E-state index contributed by atoms with van der Waals surface area (Å²) in [5, 5.41) is 10.1. The van der Waals surface area contributed by atoms with Crippen molar-refractivity contribution < 1.29 is 9.90 Å². The summed E-state index contributed by atoms with van der Waals surface area (Å²) in [5.74, 6) is -0.253. The number of para-hydroxylation sites is 1. The number of aliphatic hydroxyl groups excluding tert-OH is 1. The van der Waals surface area contributed by atoms with Gasteiger partial charge in [0.05, 0.1) is 17.1 Å². The predicted molar refractivity (Wildman–Crippen MR) is 70.8 cm³/mol. The highest BCUT2D eigenvalue weighted by molar-refractivity contribution is 6.35. The molecule has 4 nitrogen and oxygen atoms in total. The molecule has 2 rings (SSSR count). The molecule has 1 aromatic heterocycles. The molecule has 0 unspecified atom stereocenters. The van der Waals surface area contributed by atoms with E-state index in [9.17, 15) is 4.79 Å². The molecule has 0 saturated carbocycles. The second kappa shape index (κ2) is 5.33. The van der Waals surface area contributed by atoms with Crippen LogP contribution in [0.4, 0.5) is 0 Å². The van der Waals surface area contributed by atoms with E-state index >= 15 is 0 Å². The average molecular weight is 265 g/mol. The Kier molecular flexibility index (Phi) is 3.79. The van der Waals surface area contributed by atoms with E-state index in [0.717, 1.165) is 5.39 Å². The summed E-state index contributed by atoms with van der Waals surface area (Å²) in [4.78, 5) is 17.7. The largest absolute Gasteiger partial charge is 0.395 e. The Balaban J connectivity index is 2.43. The van der Waals surface area contributed by atoms with Crippen molar-refractivity contribution in [1.29, 1.82) is 0 Å². The van der Waals surface area contributed by atoms with Crippen molar-refractivity contribution in [2.75, 3.05) is 20.2 Å². The fourth-order valence-corrected chi connectivity index (χ4v) is 1.95. The van der Waals surface area contributed by atoms with E-state index in [-0.39, 0.29) is 24.8 Å². The van der Waals surface area contributed by atoms with Crippen molar-refractivity contribution >= 4 is 28.4 Å². The normalized spacial score (nSPS) is 10.6. The summed E-state index contributed by atoms with van der Waals surface area (Å²) in [6, 6.07) is 8.94. The number of aromatic nitrogens is 1.